The molecule has 0 bridgehead atoms. The number of hydrogen-bond acceptors (Lipinski definition) is 4. The molecule has 142 valence electrons. The molecule has 0 heterocycles. The lowest BCUT2D eigenvalue weighted by atomic mass is 10.1. The van der Waals surface area contributed by atoms with Gasteiger partial charge in [-0.05, 0) is 55.5 Å². The van der Waals surface area contributed by atoms with Crippen molar-refractivity contribution in [2.45, 2.75) is 6.92 Å². The first-order chi connectivity index (χ1) is 14.0. The highest BCUT2D eigenvalue weighted by Gasteiger charge is 2.12. The number of benzene rings is 3. The van der Waals surface area contributed by atoms with Gasteiger partial charge in [-0.1, -0.05) is 24.3 Å². The predicted octanol–water partition coefficient (Wildman–Crippen LogP) is 4.27. The van der Waals surface area contributed by atoms with Crippen LogP contribution in [0.15, 0.2) is 72.8 Å². The maximum Gasteiger partial charge on any atom is 0.255 e. The number of anilines is 2. The molecule has 0 radical (unpaired) electrons. The van der Waals surface area contributed by atoms with E-state index in [9.17, 15) is 14.4 Å². The number of rotatable bonds is 5. The quantitative estimate of drug-likeness (QED) is 0.643. The van der Waals surface area contributed by atoms with Crippen LogP contribution in [-0.2, 0) is 0 Å². The molecule has 3 rings (SSSR count). The van der Waals surface area contributed by atoms with Crippen LogP contribution in [0.5, 0.6) is 0 Å². The Bertz CT molecular complexity index is 1150. The molecule has 0 spiro atoms. The van der Waals surface area contributed by atoms with Crippen molar-refractivity contribution in [3.05, 3.63) is 95.1 Å². The summed E-state index contributed by atoms with van der Waals surface area (Å²) in [5, 5.41) is 14.4. The van der Waals surface area contributed by atoms with E-state index in [1.807, 2.05) is 6.07 Å². The van der Waals surface area contributed by atoms with E-state index < -0.39 is 11.8 Å². The highest BCUT2D eigenvalue weighted by Crippen LogP contribution is 2.15. The number of ketones is 1. The van der Waals surface area contributed by atoms with Crippen molar-refractivity contribution < 1.29 is 14.4 Å². The minimum Gasteiger partial charge on any atom is -0.322 e. The zero-order chi connectivity index (χ0) is 20.8. The van der Waals surface area contributed by atoms with Gasteiger partial charge in [0.05, 0.1) is 11.6 Å². The van der Waals surface area contributed by atoms with E-state index in [0.29, 0.717) is 33.6 Å². The van der Waals surface area contributed by atoms with Gasteiger partial charge in [0.1, 0.15) is 0 Å². The number of hydrogen-bond donors (Lipinski definition) is 2. The fourth-order valence-corrected chi connectivity index (χ4v) is 2.69. The SMILES string of the molecule is CC(=O)c1cccc(NC(=O)c2cccc(C(=O)Nc3cccc(C#N)c3)c2)c1. The van der Waals surface area contributed by atoms with Gasteiger partial charge in [0, 0.05) is 28.1 Å². The summed E-state index contributed by atoms with van der Waals surface area (Å²) in [7, 11) is 0. The molecule has 0 aliphatic carbocycles. The smallest absolute Gasteiger partial charge is 0.255 e. The summed E-state index contributed by atoms with van der Waals surface area (Å²) in [6.07, 6.45) is 0. The lowest BCUT2D eigenvalue weighted by molar-refractivity contribution is 0.100. The molecule has 3 aromatic rings. The molecule has 0 aromatic heterocycles. The van der Waals surface area contributed by atoms with Gasteiger partial charge in [-0.3, -0.25) is 14.4 Å². The zero-order valence-electron chi connectivity index (χ0n) is 15.6. The maximum atomic E-state index is 12.5. The Hall–Kier alpha value is -4.24. The summed E-state index contributed by atoms with van der Waals surface area (Å²) in [6, 6.07) is 21.5. The van der Waals surface area contributed by atoms with Crippen LogP contribution < -0.4 is 10.6 Å². The summed E-state index contributed by atoms with van der Waals surface area (Å²) in [6.45, 7) is 1.45. The van der Waals surface area contributed by atoms with E-state index in [-0.39, 0.29) is 5.78 Å². The summed E-state index contributed by atoms with van der Waals surface area (Å²) in [5.41, 5.74) is 2.52. The second kappa shape index (κ2) is 8.63. The molecular formula is C23H17N3O3. The van der Waals surface area contributed by atoms with Gasteiger partial charge in [-0.25, -0.2) is 0 Å². The molecule has 2 amide bonds. The molecule has 0 saturated carbocycles. The van der Waals surface area contributed by atoms with E-state index in [4.69, 9.17) is 5.26 Å². The summed E-state index contributed by atoms with van der Waals surface area (Å²) < 4.78 is 0. The van der Waals surface area contributed by atoms with Crippen LogP contribution in [-0.4, -0.2) is 17.6 Å². The van der Waals surface area contributed by atoms with Crippen LogP contribution >= 0.6 is 0 Å². The van der Waals surface area contributed by atoms with Crippen molar-refractivity contribution in [1.82, 2.24) is 0 Å². The molecule has 0 aliphatic rings. The first-order valence-electron chi connectivity index (χ1n) is 8.80. The van der Waals surface area contributed by atoms with Gasteiger partial charge < -0.3 is 10.6 Å². The molecule has 3 aromatic carbocycles. The van der Waals surface area contributed by atoms with Gasteiger partial charge in [-0.15, -0.1) is 0 Å². The Morgan fingerprint density at radius 2 is 1.24 bits per heavy atom. The van der Waals surface area contributed by atoms with Crippen molar-refractivity contribution >= 4 is 29.0 Å². The summed E-state index contributed by atoms with van der Waals surface area (Å²) in [4.78, 5) is 36.5. The average Bonchev–Trinajstić information content (AvgIpc) is 2.74. The second-order valence-electron chi connectivity index (χ2n) is 6.32. The molecule has 6 heteroatoms. The minimum atomic E-state index is -0.396. The Labute approximate surface area is 167 Å². The van der Waals surface area contributed by atoms with E-state index >= 15 is 0 Å². The number of nitriles is 1. The number of Topliss-reactive ketones (excluding diaryl/α,β-unsaturated/α-hetero) is 1. The van der Waals surface area contributed by atoms with Gasteiger partial charge in [0.2, 0.25) is 0 Å². The summed E-state index contributed by atoms with van der Waals surface area (Å²) in [5.74, 6) is -0.889. The monoisotopic (exact) mass is 383 g/mol. The fraction of sp³-hybridized carbons (Fsp3) is 0.0435. The second-order valence-corrected chi connectivity index (χ2v) is 6.32. The number of carbonyl (C=O) groups excluding carboxylic acids is 3. The third-order valence-electron chi connectivity index (χ3n) is 4.16. The first kappa shape index (κ1) is 19.5. The topological polar surface area (TPSA) is 99.1 Å². The van der Waals surface area contributed by atoms with Crippen LogP contribution in [0.2, 0.25) is 0 Å². The predicted molar refractivity (Wildman–Crippen MR) is 110 cm³/mol. The van der Waals surface area contributed by atoms with E-state index in [1.54, 1.807) is 66.7 Å². The van der Waals surface area contributed by atoms with Crippen molar-refractivity contribution in [2.75, 3.05) is 10.6 Å². The van der Waals surface area contributed by atoms with Crippen molar-refractivity contribution in [3.8, 4) is 6.07 Å². The van der Waals surface area contributed by atoms with Crippen molar-refractivity contribution in [1.29, 1.82) is 5.26 Å². The zero-order valence-corrected chi connectivity index (χ0v) is 15.6. The van der Waals surface area contributed by atoms with Crippen molar-refractivity contribution in [2.24, 2.45) is 0 Å². The molecule has 2 N–H and O–H groups in total. The third-order valence-corrected chi connectivity index (χ3v) is 4.16. The van der Waals surface area contributed by atoms with Crippen LogP contribution in [0.3, 0.4) is 0 Å². The van der Waals surface area contributed by atoms with Gasteiger partial charge in [0.25, 0.3) is 11.8 Å². The Morgan fingerprint density at radius 1 is 0.724 bits per heavy atom. The van der Waals surface area contributed by atoms with Gasteiger partial charge >= 0.3 is 0 Å². The molecule has 0 saturated heterocycles. The minimum absolute atomic E-state index is 0.0970. The normalized spacial score (nSPS) is 9.93. The number of nitrogens with one attached hydrogen (secondary N) is 2. The number of amides is 2. The Morgan fingerprint density at radius 3 is 1.83 bits per heavy atom. The van der Waals surface area contributed by atoms with E-state index in [2.05, 4.69) is 10.6 Å². The highest BCUT2D eigenvalue weighted by atomic mass is 16.2. The molecule has 29 heavy (non-hydrogen) atoms. The maximum absolute atomic E-state index is 12.5. The Kier molecular flexibility index (Phi) is 5.81. The first-order valence-corrected chi connectivity index (χ1v) is 8.80. The number of carbonyl (C=O) groups is 3. The molecule has 0 aliphatic heterocycles. The van der Waals surface area contributed by atoms with Gasteiger partial charge in [0.15, 0.2) is 5.78 Å². The largest absolute Gasteiger partial charge is 0.322 e. The Balaban J connectivity index is 1.75. The lowest BCUT2D eigenvalue weighted by Crippen LogP contribution is -2.15. The van der Waals surface area contributed by atoms with Gasteiger partial charge in [-0.2, -0.15) is 5.26 Å². The fourth-order valence-electron chi connectivity index (χ4n) is 2.69. The lowest BCUT2D eigenvalue weighted by Gasteiger charge is -2.09. The van der Waals surface area contributed by atoms with Crippen LogP contribution in [0.1, 0.15) is 43.6 Å². The molecule has 0 atom stereocenters. The molecule has 6 nitrogen and oxygen atoms in total. The van der Waals surface area contributed by atoms with Crippen LogP contribution in [0.4, 0.5) is 11.4 Å². The molecular weight excluding hydrogens is 366 g/mol. The van der Waals surface area contributed by atoms with Crippen molar-refractivity contribution in [3.63, 3.8) is 0 Å². The van der Waals surface area contributed by atoms with Crippen LogP contribution in [0.25, 0.3) is 0 Å². The molecule has 0 unspecified atom stereocenters. The third kappa shape index (κ3) is 4.93. The molecule has 0 fully saturated rings. The van der Waals surface area contributed by atoms with Crippen LogP contribution in [0, 0.1) is 11.3 Å². The van der Waals surface area contributed by atoms with E-state index in [0.717, 1.165) is 0 Å². The van der Waals surface area contributed by atoms with E-state index in [1.165, 1.54) is 13.0 Å². The average molecular weight is 383 g/mol. The standard InChI is InChI=1S/C23H17N3O3/c1-15(27)17-6-4-10-21(13-17)26-23(29)19-8-3-7-18(12-19)22(28)25-20-9-2-5-16(11-20)14-24/h2-13H,1H3,(H,25,28)(H,26,29). The highest BCUT2D eigenvalue weighted by molar-refractivity contribution is 6.09. The number of nitrogens with zero attached hydrogens (tertiary/aromatic N) is 1. The summed E-state index contributed by atoms with van der Waals surface area (Å²) >= 11 is 0.